The summed E-state index contributed by atoms with van der Waals surface area (Å²) in [6.45, 7) is 0.0331. The van der Waals surface area contributed by atoms with Crippen molar-refractivity contribution in [3.05, 3.63) is 0 Å². The third kappa shape index (κ3) is 1.65. The van der Waals surface area contributed by atoms with Crippen LogP contribution in [0.3, 0.4) is 0 Å². The molecule has 2 N–H and O–H groups in total. The summed E-state index contributed by atoms with van der Waals surface area (Å²) in [6, 6.07) is 0. The lowest BCUT2D eigenvalue weighted by molar-refractivity contribution is -0.471. The minimum Gasteiger partial charge on any atom is -0.305 e. The molecule has 0 radical (unpaired) electrons. The van der Waals surface area contributed by atoms with E-state index in [0.29, 0.717) is 0 Å². The molecule has 0 heterocycles. The van der Waals surface area contributed by atoms with E-state index < -0.39 is 50.0 Å². The van der Waals surface area contributed by atoms with Gasteiger partial charge in [-0.15, -0.1) is 0 Å². The van der Waals surface area contributed by atoms with Crippen molar-refractivity contribution in [1.82, 2.24) is 0 Å². The maximum atomic E-state index is 14.1. The summed E-state index contributed by atoms with van der Waals surface area (Å²) in [5.74, 6) is -40.1. The first-order valence-electron chi connectivity index (χ1n) is 5.31. The second kappa shape index (κ2) is 4.09. The van der Waals surface area contributed by atoms with Crippen LogP contribution in [0.4, 0.5) is 48.3 Å². The van der Waals surface area contributed by atoms with E-state index in [1.807, 2.05) is 0 Å². The summed E-state index contributed by atoms with van der Waals surface area (Å²) >= 11 is 0. The summed E-state index contributed by atoms with van der Waals surface area (Å²) in [5.41, 5.74) is 0. The molecule has 0 amide bonds. The highest BCUT2D eigenvalue weighted by molar-refractivity contribution is 8.11. The van der Waals surface area contributed by atoms with Gasteiger partial charge < -0.3 is 9.11 Å². The van der Waals surface area contributed by atoms with Gasteiger partial charge in [0.25, 0.3) is 0 Å². The first-order valence-corrected chi connectivity index (χ1v) is 7.36. The van der Waals surface area contributed by atoms with Crippen molar-refractivity contribution in [2.24, 2.45) is 0 Å². The van der Waals surface area contributed by atoms with E-state index in [1.165, 1.54) is 0 Å². The molecule has 0 aromatic heterocycles. The van der Waals surface area contributed by atoms with Crippen LogP contribution in [0.25, 0.3) is 0 Å². The molecule has 0 saturated heterocycles. The highest BCUT2D eigenvalue weighted by atomic mass is 32.3. The van der Waals surface area contributed by atoms with Gasteiger partial charge in [0.15, 0.2) is 0 Å². The van der Waals surface area contributed by atoms with Crippen LogP contribution in [0.15, 0.2) is 0 Å². The average Bonchev–Trinajstić information content (AvgIpc) is 2.34. The first kappa shape index (κ1) is 20.3. The van der Waals surface area contributed by atoms with Crippen LogP contribution >= 0.6 is 0 Å². The van der Waals surface area contributed by atoms with Crippen LogP contribution in [0.5, 0.6) is 0 Å². The third-order valence-electron chi connectivity index (χ3n) is 3.47. The predicted octanol–water partition coefficient (Wildman–Crippen LogP) is 3.63. The number of rotatable bonds is 2. The summed E-state index contributed by atoms with van der Waals surface area (Å²) in [5, 5.41) is -7.30. The van der Waals surface area contributed by atoms with Crippen LogP contribution in [-0.2, 0) is 9.63 Å². The quantitative estimate of drug-likeness (QED) is 0.706. The van der Waals surface area contributed by atoms with Gasteiger partial charge in [0.1, 0.15) is 9.63 Å². The van der Waals surface area contributed by atoms with E-state index in [9.17, 15) is 52.5 Å². The predicted molar refractivity (Wildman–Crippen MR) is 52.5 cm³/mol. The summed E-state index contributed by atoms with van der Waals surface area (Å²) in [7, 11) is -8.32. The van der Waals surface area contributed by atoms with E-state index in [2.05, 4.69) is 0 Å². The van der Waals surface area contributed by atoms with E-state index in [0.717, 1.165) is 0 Å². The van der Waals surface area contributed by atoms with Crippen LogP contribution < -0.4 is 0 Å². The van der Waals surface area contributed by atoms with Gasteiger partial charge in [-0.1, -0.05) is 6.92 Å². The average molecular weight is 392 g/mol. The van der Waals surface area contributed by atoms with Crippen LogP contribution in [0.1, 0.15) is 6.92 Å². The molecule has 3 nitrogen and oxygen atoms in total. The second-order valence-corrected chi connectivity index (χ2v) is 7.95. The smallest absolute Gasteiger partial charge is 0.305 e. The summed E-state index contributed by atoms with van der Waals surface area (Å²) in [6.07, 6.45) is 0. The molecule has 0 bridgehead atoms. The molecule has 1 aliphatic rings. The van der Waals surface area contributed by atoms with Crippen molar-refractivity contribution in [1.29, 1.82) is 0 Å². The highest BCUT2D eigenvalue weighted by Gasteiger charge is 3.05. The Balaban J connectivity index is 4.11. The zero-order chi connectivity index (χ0) is 19.2. The largest absolute Gasteiger partial charge is 0.384 e. The van der Waals surface area contributed by atoms with Gasteiger partial charge in [0.2, 0.25) is 0 Å². The molecule has 0 aromatic rings. The Morgan fingerprint density at radius 2 is 0.870 bits per heavy atom. The normalized spacial score (nSPS) is 31.8. The summed E-state index contributed by atoms with van der Waals surface area (Å²) in [4.78, 5) is 0. The minimum atomic E-state index is -8.32. The number of hydrogen-bond acceptors (Lipinski definition) is 1. The Hall–Kier alpha value is -0.700. The van der Waals surface area contributed by atoms with Gasteiger partial charge in [-0.3, -0.25) is 0 Å². The van der Waals surface area contributed by atoms with Gasteiger partial charge in [-0.25, -0.2) is 8.60 Å². The Morgan fingerprint density at radius 1 is 0.652 bits per heavy atom. The molecule has 0 aliphatic heterocycles. The van der Waals surface area contributed by atoms with Crippen LogP contribution in [0, 0.1) is 0 Å². The summed E-state index contributed by atoms with van der Waals surface area (Å²) < 4.78 is 174. The lowest BCUT2D eigenvalue weighted by Crippen LogP contribution is -2.88. The first-order chi connectivity index (χ1) is 9.59. The Kier molecular flexibility index (Phi) is 3.62. The number of alkyl halides is 11. The fourth-order valence-electron chi connectivity index (χ4n) is 1.91. The second-order valence-electron chi connectivity index (χ2n) is 4.77. The van der Waals surface area contributed by atoms with Crippen molar-refractivity contribution < 1.29 is 61.6 Å². The van der Waals surface area contributed by atoms with Gasteiger partial charge in [0, 0.05) is 5.75 Å². The highest BCUT2D eigenvalue weighted by Crippen LogP contribution is 2.73. The van der Waals surface area contributed by atoms with Gasteiger partial charge in [0.05, 0.1) is 0 Å². The standard InChI is InChI=1S/C8H7F11O3S/c1-2-23(20,21,22)8(19)6(15,16)4(11,12)3(9,10)5(13,14)7(8,17)18/h2H2,1H3,(H2,20,21,22). The Labute approximate surface area is 119 Å². The molecule has 1 saturated carbocycles. The molecule has 23 heavy (non-hydrogen) atoms. The SMILES string of the molecule is CCS(=O)(O)(O)C1(F)C(F)(F)C(F)(F)C(F)(F)C(F)(F)C1(F)F. The topological polar surface area (TPSA) is 57.5 Å². The van der Waals surface area contributed by atoms with E-state index in [4.69, 9.17) is 9.11 Å². The number of hydrogen-bond donors (Lipinski definition) is 2. The zero-order valence-corrected chi connectivity index (χ0v) is 11.4. The molecule has 15 heteroatoms. The van der Waals surface area contributed by atoms with Gasteiger partial charge in [-0.05, 0) is 0 Å². The molecule has 1 rings (SSSR count). The molecule has 1 fully saturated rings. The Morgan fingerprint density at radius 3 is 1.09 bits per heavy atom. The molecule has 140 valence electrons. The molecule has 1 aliphatic carbocycles. The fraction of sp³-hybridized carbons (Fsp3) is 1.00. The number of halogens is 11. The van der Waals surface area contributed by atoms with Gasteiger partial charge >= 0.3 is 34.6 Å². The van der Waals surface area contributed by atoms with Crippen molar-refractivity contribution >= 4 is 9.63 Å². The van der Waals surface area contributed by atoms with Gasteiger partial charge in [-0.2, -0.15) is 43.9 Å². The van der Waals surface area contributed by atoms with Crippen molar-refractivity contribution in [2.45, 2.75) is 41.5 Å². The monoisotopic (exact) mass is 392 g/mol. The molecule has 0 atom stereocenters. The van der Waals surface area contributed by atoms with E-state index in [1.54, 1.807) is 0 Å². The van der Waals surface area contributed by atoms with E-state index >= 15 is 0 Å². The van der Waals surface area contributed by atoms with Crippen LogP contribution in [0.2, 0.25) is 0 Å². The maximum Gasteiger partial charge on any atom is 0.384 e. The fourth-order valence-corrected chi connectivity index (χ4v) is 3.59. The van der Waals surface area contributed by atoms with Crippen molar-refractivity contribution in [3.8, 4) is 0 Å². The molecular formula is C8H7F11O3S. The Bertz CT molecular complexity index is 562. The van der Waals surface area contributed by atoms with Crippen molar-refractivity contribution in [2.75, 3.05) is 5.75 Å². The maximum absolute atomic E-state index is 14.1. The molecule has 0 spiro atoms. The van der Waals surface area contributed by atoms with E-state index in [-0.39, 0.29) is 6.92 Å². The molecular weight excluding hydrogens is 385 g/mol. The lowest BCUT2D eigenvalue weighted by atomic mass is 9.80. The lowest BCUT2D eigenvalue weighted by Gasteiger charge is -2.57. The third-order valence-corrected chi connectivity index (χ3v) is 6.15. The minimum absolute atomic E-state index is 0.0331. The molecule has 0 unspecified atom stereocenters. The molecule has 0 aromatic carbocycles. The van der Waals surface area contributed by atoms with Crippen molar-refractivity contribution in [3.63, 3.8) is 0 Å². The van der Waals surface area contributed by atoms with Crippen LogP contribution in [-0.4, -0.2) is 53.7 Å². The zero-order valence-electron chi connectivity index (χ0n) is 10.6.